The van der Waals surface area contributed by atoms with Gasteiger partial charge in [-0.2, -0.15) is 0 Å². The Hall–Kier alpha value is -3.45. The van der Waals surface area contributed by atoms with Gasteiger partial charge < -0.3 is 5.32 Å². The number of aryl methyl sites for hydroxylation is 1. The van der Waals surface area contributed by atoms with E-state index in [4.69, 9.17) is 4.98 Å². The molecule has 0 spiro atoms. The number of carbonyl (C=O) groups is 1. The highest BCUT2D eigenvalue weighted by molar-refractivity contribution is 7.90. The van der Waals surface area contributed by atoms with Gasteiger partial charge in [0.1, 0.15) is 17.2 Å². The molecule has 7 heteroatoms. The zero-order valence-corrected chi connectivity index (χ0v) is 16.8. The first kappa shape index (κ1) is 18.9. The lowest BCUT2D eigenvalue weighted by molar-refractivity contribution is 0.102. The fourth-order valence-corrected chi connectivity index (χ4v) is 3.78. The Labute approximate surface area is 168 Å². The van der Waals surface area contributed by atoms with Gasteiger partial charge in [0.05, 0.1) is 4.90 Å². The van der Waals surface area contributed by atoms with Crippen molar-refractivity contribution < 1.29 is 13.2 Å². The lowest BCUT2D eigenvalue weighted by atomic mass is 10.1. The maximum absolute atomic E-state index is 12.9. The highest BCUT2D eigenvalue weighted by atomic mass is 32.2. The van der Waals surface area contributed by atoms with Gasteiger partial charge in [-0.3, -0.25) is 9.20 Å². The van der Waals surface area contributed by atoms with Crippen LogP contribution in [-0.4, -0.2) is 30.0 Å². The van der Waals surface area contributed by atoms with E-state index in [1.807, 2.05) is 60.0 Å². The number of carbonyl (C=O) groups excluding carboxylic acids is 1. The Balaban J connectivity index is 1.77. The van der Waals surface area contributed by atoms with Gasteiger partial charge in [0.2, 0.25) is 0 Å². The summed E-state index contributed by atoms with van der Waals surface area (Å²) in [6.07, 6.45) is 2.99. The quantitative estimate of drug-likeness (QED) is 0.557. The summed E-state index contributed by atoms with van der Waals surface area (Å²) < 4.78 is 25.1. The number of anilines is 1. The number of hydrogen-bond donors (Lipinski definition) is 1. The summed E-state index contributed by atoms with van der Waals surface area (Å²) >= 11 is 0. The molecule has 0 aliphatic heterocycles. The van der Waals surface area contributed by atoms with E-state index in [9.17, 15) is 13.2 Å². The van der Waals surface area contributed by atoms with Crippen LogP contribution >= 0.6 is 0 Å². The molecule has 1 N–H and O–H groups in total. The molecular weight excluding hydrogens is 386 g/mol. The molecule has 29 heavy (non-hydrogen) atoms. The van der Waals surface area contributed by atoms with Crippen molar-refractivity contribution in [2.75, 3.05) is 11.6 Å². The molecule has 0 fully saturated rings. The average molecular weight is 405 g/mol. The second-order valence-electron chi connectivity index (χ2n) is 6.81. The van der Waals surface area contributed by atoms with Gasteiger partial charge in [-0.25, -0.2) is 13.4 Å². The maximum atomic E-state index is 12.9. The molecular formula is C22H19N3O3S. The third-order valence-corrected chi connectivity index (χ3v) is 5.80. The molecule has 0 aliphatic carbocycles. The summed E-state index contributed by atoms with van der Waals surface area (Å²) in [5, 5.41) is 2.95. The van der Waals surface area contributed by atoms with Crippen molar-refractivity contribution in [3.05, 3.63) is 84.1 Å². The number of nitrogens with zero attached hydrogens (tertiary/aromatic N) is 2. The maximum Gasteiger partial charge on any atom is 0.256 e. The lowest BCUT2D eigenvalue weighted by Crippen LogP contribution is -2.14. The summed E-state index contributed by atoms with van der Waals surface area (Å²) in [5.74, 6) is 0.220. The van der Waals surface area contributed by atoms with Crippen LogP contribution in [0, 0.1) is 6.92 Å². The van der Waals surface area contributed by atoms with E-state index < -0.39 is 9.84 Å². The van der Waals surface area contributed by atoms with Crippen LogP contribution in [0.4, 0.5) is 5.82 Å². The first-order valence-corrected chi connectivity index (χ1v) is 10.9. The van der Waals surface area contributed by atoms with Crippen molar-refractivity contribution in [1.82, 2.24) is 9.38 Å². The fourth-order valence-electron chi connectivity index (χ4n) is 3.15. The van der Waals surface area contributed by atoms with Gasteiger partial charge >= 0.3 is 0 Å². The molecule has 0 saturated heterocycles. The van der Waals surface area contributed by atoms with E-state index >= 15 is 0 Å². The van der Waals surface area contributed by atoms with Crippen LogP contribution in [0.2, 0.25) is 0 Å². The molecule has 0 bridgehead atoms. The topological polar surface area (TPSA) is 80.5 Å². The van der Waals surface area contributed by atoms with Crippen LogP contribution < -0.4 is 5.32 Å². The number of fused-ring (bicyclic) bond motifs is 1. The second-order valence-corrected chi connectivity index (χ2v) is 8.83. The number of sulfone groups is 1. The largest absolute Gasteiger partial charge is 0.306 e. The van der Waals surface area contributed by atoms with Crippen molar-refractivity contribution in [1.29, 1.82) is 0 Å². The molecule has 4 rings (SSSR count). The van der Waals surface area contributed by atoms with E-state index in [-0.39, 0.29) is 10.8 Å². The van der Waals surface area contributed by atoms with Gasteiger partial charge in [0.15, 0.2) is 9.84 Å². The Bertz CT molecular complexity index is 1310. The van der Waals surface area contributed by atoms with Gasteiger partial charge in [0, 0.05) is 23.6 Å². The predicted octanol–water partition coefficient (Wildman–Crippen LogP) is 3.97. The minimum Gasteiger partial charge on any atom is -0.306 e. The van der Waals surface area contributed by atoms with E-state index in [1.54, 1.807) is 0 Å². The molecule has 0 unspecified atom stereocenters. The molecule has 0 aliphatic rings. The molecule has 6 nitrogen and oxygen atoms in total. The van der Waals surface area contributed by atoms with Crippen molar-refractivity contribution >= 4 is 27.2 Å². The number of pyridine rings is 1. The standard InChI is InChI=1S/C22H19N3O3S/c1-15-7-6-14-25-20(15)23-19(16-8-4-3-5-9-16)21(25)24-22(26)17-10-12-18(13-11-17)29(2,27)28/h3-14H,1-2H3,(H,24,26). The monoisotopic (exact) mass is 405 g/mol. The molecule has 0 atom stereocenters. The van der Waals surface area contributed by atoms with Gasteiger partial charge in [-0.15, -0.1) is 0 Å². The Kier molecular flexibility index (Phi) is 4.68. The number of nitrogens with one attached hydrogen (secondary N) is 1. The van der Waals surface area contributed by atoms with Crippen LogP contribution in [-0.2, 0) is 9.84 Å². The van der Waals surface area contributed by atoms with E-state index in [0.29, 0.717) is 17.1 Å². The molecule has 2 aromatic carbocycles. The number of aromatic nitrogens is 2. The van der Waals surface area contributed by atoms with E-state index in [1.165, 1.54) is 24.3 Å². The highest BCUT2D eigenvalue weighted by Gasteiger charge is 2.18. The molecule has 2 heterocycles. The summed E-state index contributed by atoms with van der Waals surface area (Å²) in [6.45, 7) is 1.96. The van der Waals surface area contributed by atoms with E-state index in [2.05, 4.69) is 5.32 Å². The fraction of sp³-hybridized carbons (Fsp3) is 0.0909. The molecule has 146 valence electrons. The van der Waals surface area contributed by atoms with Crippen LogP contribution in [0.5, 0.6) is 0 Å². The molecule has 0 saturated carbocycles. The number of hydrogen-bond acceptors (Lipinski definition) is 4. The summed E-state index contributed by atoms with van der Waals surface area (Å²) in [5.41, 5.74) is 3.66. The van der Waals surface area contributed by atoms with Crippen molar-refractivity contribution in [3.8, 4) is 11.3 Å². The first-order valence-electron chi connectivity index (χ1n) is 8.99. The number of amides is 1. The van der Waals surface area contributed by atoms with Gasteiger partial charge in [-0.1, -0.05) is 36.4 Å². The summed E-state index contributed by atoms with van der Waals surface area (Å²) in [6, 6.07) is 19.4. The van der Waals surface area contributed by atoms with E-state index in [0.717, 1.165) is 23.0 Å². The molecule has 4 aromatic rings. The lowest BCUT2D eigenvalue weighted by Gasteiger charge is -2.09. The molecule has 0 radical (unpaired) electrons. The number of imidazole rings is 1. The normalized spacial score (nSPS) is 11.5. The van der Waals surface area contributed by atoms with Gasteiger partial charge in [-0.05, 0) is 42.8 Å². The predicted molar refractivity (Wildman–Crippen MR) is 113 cm³/mol. The SMILES string of the molecule is Cc1cccn2c(NC(=O)c3ccc(S(C)(=O)=O)cc3)c(-c3ccccc3)nc12. The number of rotatable bonds is 4. The van der Waals surface area contributed by atoms with Crippen LogP contribution in [0.1, 0.15) is 15.9 Å². The van der Waals surface area contributed by atoms with Crippen molar-refractivity contribution in [2.45, 2.75) is 11.8 Å². The summed E-state index contributed by atoms with van der Waals surface area (Å²) in [4.78, 5) is 17.8. The Morgan fingerprint density at radius 2 is 1.66 bits per heavy atom. The third kappa shape index (κ3) is 3.64. The third-order valence-electron chi connectivity index (χ3n) is 4.67. The second kappa shape index (κ2) is 7.18. The Morgan fingerprint density at radius 3 is 2.31 bits per heavy atom. The molecule has 2 aromatic heterocycles. The van der Waals surface area contributed by atoms with Crippen LogP contribution in [0.25, 0.3) is 16.9 Å². The Morgan fingerprint density at radius 1 is 0.966 bits per heavy atom. The van der Waals surface area contributed by atoms with Crippen molar-refractivity contribution in [2.24, 2.45) is 0 Å². The minimum atomic E-state index is -3.32. The van der Waals surface area contributed by atoms with Crippen molar-refractivity contribution in [3.63, 3.8) is 0 Å². The minimum absolute atomic E-state index is 0.171. The van der Waals surface area contributed by atoms with Crippen LogP contribution in [0.15, 0.2) is 77.8 Å². The average Bonchev–Trinajstić information content (AvgIpc) is 3.08. The summed E-state index contributed by atoms with van der Waals surface area (Å²) in [7, 11) is -3.32. The zero-order chi connectivity index (χ0) is 20.6. The van der Waals surface area contributed by atoms with Gasteiger partial charge in [0.25, 0.3) is 5.91 Å². The zero-order valence-electron chi connectivity index (χ0n) is 16.0. The highest BCUT2D eigenvalue weighted by Crippen LogP contribution is 2.30. The van der Waals surface area contributed by atoms with Crippen LogP contribution in [0.3, 0.4) is 0 Å². The molecule has 1 amide bonds. The smallest absolute Gasteiger partial charge is 0.256 e. The number of benzene rings is 2. The first-order chi connectivity index (χ1) is 13.8.